The molecule has 14 heteroatoms. The highest BCUT2D eigenvalue weighted by Gasteiger charge is 2.44. The quantitative estimate of drug-likeness (QED) is 0.0440. The summed E-state index contributed by atoms with van der Waals surface area (Å²) in [6, 6.07) is 0. The van der Waals surface area contributed by atoms with E-state index in [-0.39, 0.29) is 17.1 Å². The molecule has 1 aromatic heterocycles. The minimum Gasteiger partial charge on any atom is -0.460 e. The summed E-state index contributed by atoms with van der Waals surface area (Å²) in [6.45, 7) is 28.3. The average molecular weight is 853 g/mol. The Morgan fingerprint density at radius 1 is 0.981 bits per heavy atom. The molecule has 0 amide bonds. The molecular formula is C40H64Cl3NO8SSi. The van der Waals surface area contributed by atoms with Crippen LogP contribution in [0.3, 0.4) is 0 Å². The molecule has 1 aromatic rings. The molecule has 1 heterocycles. The van der Waals surface area contributed by atoms with Crippen molar-refractivity contribution in [1.82, 2.24) is 4.98 Å². The van der Waals surface area contributed by atoms with Gasteiger partial charge >= 0.3 is 12.1 Å². The van der Waals surface area contributed by atoms with Crippen molar-refractivity contribution in [2.75, 3.05) is 6.61 Å². The Morgan fingerprint density at radius 3 is 2.07 bits per heavy atom. The van der Waals surface area contributed by atoms with Gasteiger partial charge in [-0.3, -0.25) is 14.4 Å². The van der Waals surface area contributed by atoms with E-state index in [1.807, 2.05) is 13.8 Å². The van der Waals surface area contributed by atoms with Gasteiger partial charge in [0.15, 0.2) is 19.9 Å². The number of allylic oxidation sites excluding steroid dienone is 1. The summed E-state index contributed by atoms with van der Waals surface area (Å²) in [7, 11) is -2.09. The lowest BCUT2D eigenvalue weighted by Gasteiger charge is -2.39. The molecule has 0 bridgehead atoms. The van der Waals surface area contributed by atoms with Gasteiger partial charge in [0.1, 0.15) is 24.7 Å². The van der Waals surface area contributed by atoms with E-state index in [0.717, 1.165) is 29.1 Å². The van der Waals surface area contributed by atoms with Crippen LogP contribution in [0.15, 0.2) is 22.6 Å². The molecule has 0 aliphatic carbocycles. The molecular weight excluding hydrogens is 789 g/mol. The number of halogens is 3. The Bertz CT molecular complexity index is 1500. The summed E-state index contributed by atoms with van der Waals surface area (Å²) in [5.74, 6) is -3.06. The Balaban J connectivity index is 3.18. The smallest absolute Gasteiger partial charge is 0.460 e. The number of thiazole rings is 1. The third-order valence-corrected chi connectivity index (χ3v) is 15.4. The average Bonchev–Trinajstić information content (AvgIpc) is 3.41. The zero-order valence-electron chi connectivity index (χ0n) is 35.0. The monoisotopic (exact) mass is 851 g/mol. The lowest BCUT2D eigenvalue weighted by Crippen LogP contribution is -2.45. The number of ether oxygens (including phenoxy) is 3. The summed E-state index contributed by atoms with van der Waals surface area (Å²) < 4.78 is 21.1. The molecule has 0 N–H and O–H groups in total. The Labute approximate surface area is 344 Å². The first kappa shape index (κ1) is 50.3. The molecule has 0 aliphatic heterocycles. The van der Waals surface area contributed by atoms with E-state index in [0.29, 0.717) is 12.8 Å². The van der Waals surface area contributed by atoms with Gasteiger partial charge in [-0.25, -0.2) is 9.78 Å². The predicted octanol–water partition coefficient (Wildman–Crippen LogP) is 11.8. The van der Waals surface area contributed by atoms with Crippen molar-refractivity contribution in [2.24, 2.45) is 17.3 Å². The fraction of sp³-hybridized carbons (Fsp3) is 0.725. The van der Waals surface area contributed by atoms with E-state index >= 15 is 0 Å². The third kappa shape index (κ3) is 17.6. The molecule has 0 aliphatic rings. The number of ketones is 2. The summed E-state index contributed by atoms with van der Waals surface area (Å²) in [4.78, 5) is 56.9. The van der Waals surface area contributed by atoms with E-state index in [1.165, 1.54) is 19.4 Å². The second-order valence-corrected chi connectivity index (χ2v) is 25.7. The molecule has 0 saturated heterocycles. The van der Waals surface area contributed by atoms with E-state index in [4.69, 9.17) is 53.4 Å². The van der Waals surface area contributed by atoms with Crippen molar-refractivity contribution in [3.8, 4) is 0 Å². The van der Waals surface area contributed by atoms with Gasteiger partial charge in [-0.2, -0.15) is 0 Å². The van der Waals surface area contributed by atoms with Gasteiger partial charge in [0, 0.05) is 5.38 Å². The lowest BCUT2D eigenvalue weighted by atomic mass is 9.73. The van der Waals surface area contributed by atoms with Gasteiger partial charge in [-0.05, 0) is 117 Å². The first-order valence-electron chi connectivity index (χ1n) is 18.5. The van der Waals surface area contributed by atoms with Crippen LogP contribution in [0.1, 0.15) is 126 Å². The number of carbonyl (C=O) groups excluding carboxylic acids is 4. The van der Waals surface area contributed by atoms with Gasteiger partial charge < -0.3 is 18.6 Å². The highest BCUT2D eigenvalue weighted by atomic mass is 35.6. The first-order chi connectivity index (χ1) is 24.4. The van der Waals surface area contributed by atoms with Crippen molar-refractivity contribution in [3.63, 3.8) is 0 Å². The molecule has 9 nitrogen and oxygen atoms in total. The lowest BCUT2D eigenvalue weighted by molar-refractivity contribution is -0.158. The van der Waals surface area contributed by atoms with Crippen LogP contribution in [0, 0.1) is 24.2 Å². The molecule has 0 unspecified atom stereocenters. The zero-order chi connectivity index (χ0) is 42.0. The van der Waals surface area contributed by atoms with Gasteiger partial charge in [-0.1, -0.05) is 81.1 Å². The number of hydrogen-bond donors (Lipinski definition) is 0. The number of carbonyl (C=O) groups is 4. The molecule has 0 spiro atoms. The number of aryl methyl sites for hydroxylation is 1. The molecule has 0 saturated carbocycles. The maximum absolute atomic E-state index is 13.9. The van der Waals surface area contributed by atoms with Crippen LogP contribution < -0.4 is 0 Å². The summed E-state index contributed by atoms with van der Waals surface area (Å²) in [5, 5.41) is 3.12. The molecule has 4 atom stereocenters. The number of alkyl halides is 3. The van der Waals surface area contributed by atoms with Gasteiger partial charge in [-0.15, -0.1) is 11.3 Å². The number of nitrogens with zero attached hydrogens (tertiary/aromatic N) is 1. The molecule has 0 aromatic carbocycles. The number of aromatic nitrogens is 1. The van der Waals surface area contributed by atoms with Crippen molar-refractivity contribution < 1.29 is 37.8 Å². The highest BCUT2D eigenvalue weighted by molar-refractivity contribution is 7.09. The number of Topliss-reactive ketones (excluding diaryl/α,β-unsaturated/α-hetero) is 2. The molecule has 0 radical (unpaired) electrons. The fourth-order valence-corrected chi connectivity index (χ4v) is 7.57. The largest absolute Gasteiger partial charge is 0.508 e. The van der Waals surface area contributed by atoms with E-state index in [9.17, 15) is 19.2 Å². The first-order valence-corrected chi connectivity index (χ1v) is 23.4. The van der Waals surface area contributed by atoms with Crippen LogP contribution in [-0.4, -0.2) is 65.2 Å². The third-order valence-electron chi connectivity index (χ3n) is 9.77. The van der Waals surface area contributed by atoms with Crippen molar-refractivity contribution in [2.45, 2.75) is 162 Å². The maximum Gasteiger partial charge on any atom is 0.508 e. The second-order valence-electron chi connectivity index (χ2n) is 17.4. The van der Waals surface area contributed by atoms with Crippen molar-refractivity contribution >= 4 is 84.2 Å². The second kappa shape index (κ2) is 20.6. The zero-order valence-corrected chi connectivity index (χ0v) is 39.1. The van der Waals surface area contributed by atoms with Crippen molar-refractivity contribution in [1.29, 1.82) is 0 Å². The maximum atomic E-state index is 13.9. The molecule has 308 valence electrons. The van der Waals surface area contributed by atoms with Crippen LogP contribution in [-0.2, 0) is 33.0 Å². The Hall–Kier alpha value is -1.76. The normalized spacial score (nSPS) is 16.0. The minimum atomic E-state index is -2.09. The summed E-state index contributed by atoms with van der Waals surface area (Å²) in [5.41, 5.74) is 0.888. The van der Waals surface area contributed by atoms with Gasteiger partial charge in [0.05, 0.1) is 28.1 Å². The summed E-state index contributed by atoms with van der Waals surface area (Å²) in [6.07, 6.45) is 4.38. The van der Waals surface area contributed by atoms with Gasteiger partial charge in [0.25, 0.3) is 0 Å². The van der Waals surface area contributed by atoms with E-state index in [2.05, 4.69) is 70.2 Å². The van der Waals surface area contributed by atoms with E-state index < -0.39 is 71.9 Å². The highest BCUT2D eigenvalue weighted by Crippen LogP contribution is 2.39. The van der Waals surface area contributed by atoms with Crippen LogP contribution in [0.5, 0.6) is 0 Å². The SMILES string of the molecule is C/C(=C/C[C@H](O[Si](C)(C)C(C)(C)C)/C(C)=C/c1csc(C)n1)CCC[C@H](C)[C@H](OC(=O)OCC(Cl)(Cl)Cl)[C@@H](C)C(=O)C(C)(C)C(=O)CC(=O)OC(C)(C)C. The van der Waals surface area contributed by atoms with Gasteiger partial charge in [0.2, 0.25) is 3.79 Å². The van der Waals surface area contributed by atoms with Crippen LogP contribution in [0.4, 0.5) is 4.79 Å². The predicted molar refractivity (Wildman–Crippen MR) is 224 cm³/mol. The minimum absolute atomic E-state index is 0.0445. The number of rotatable bonds is 19. The Morgan fingerprint density at radius 2 is 1.57 bits per heavy atom. The molecule has 1 rings (SSSR count). The topological polar surface area (TPSA) is 118 Å². The molecule has 0 fully saturated rings. The van der Waals surface area contributed by atoms with Crippen LogP contribution in [0.2, 0.25) is 18.1 Å². The summed E-state index contributed by atoms with van der Waals surface area (Å²) >= 11 is 18.9. The number of hydrogen-bond acceptors (Lipinski definition) is 10. The fourth-order valence-electron chi connectivity index (χ4n) is 5.49. The molecule has 54 heavy (non-hydrogen) atoms. The van der Waals surface area contributed by atoms with Crippen LogP contribution in [0.25, 0.3) is 6.08 Å². The van der Waals surface area contributed by atoms with Crippen LogP contribution >= 0.6 is 46.1 Å². The number of esters is 1. The Kier molecular flexibility index (Phi) is 19.2. The van der Waals surface area contributed by atoms with E-state index in [1.54, 1.807) is 39.0 Å². The van der Waals surface area contributed by atoms with Crippen molar-refractivity contribution in [3.05, 3.63) is 33.3 Å². The standard InChI is InChI=1S/C40H64Cl3NO8SSi/c1-25(19-20-31(52-54(14,15)38(9,10)11)27(3)21-30-23-53-29(5)44-30)17-16-18-26(2)34(50-36(48)49-24-40(41,42)43)28(4)35(47)39(12,13)32(45)22-33(46)51-37(6,7)8/h19,21,23,26,28,31,34H,16-18,20,22,24H2,1-15H3/b25-19-,27-21+/t26-,28+,31-,34-/m0/s1.